The number of hydrogen-bond donors (Lipinski definition) is 2. The Kier molecular flexibility index (Phi) is 4.67. The van der Waals surface area contributed by atoms with Crippen molar-refractivity contribution in [3.8, 4) is 34.7 Å². The Balaban J connectivity index is 1.88. The molecular weight excluding hydrogens is 376 g/mol. The summed E-state index contributed by atoms with van der Waals surface area (Å²) in [6, 6.07) is 9.81. The van der Waals surface area contributed by atoms with Crippen molar-refractivity contribution in [3.05, 3.63) is 57.6 Å². The lowest BCUT2D eigenvalue weighted by molar-refractivity contribution is 0.311. The summed E-state index contributed by atoms with van der Waals surface area (Å²) in [4.78, 5) is 0. The van der Waals surface area contributed by atoms with Crippen molar-refractivity contribution in [1.29, 1.82) is 5.26 Å². The number of hydrogen-bond acceptors (Lipinski definition) is 7. The number of aromatic amines is 1. The van der Waals surface area contributed by atoms with Crippen LogP contribution in [-0.2, 0) is 0 Å². The molecule has 4 rings (SSSR count). The van der Waals surface area contributed by atoms with E-state index in [1.54, 1.807) is 18.4 Å². The first-order chi connectivity index (χ1) is 13.7. The van der Waals surface area contributed by atoms with Gasteiger partial charge >= 0.3 is 0 Å². The molecule has 0 amide bonds. The molecule has 3 heterocycles. The Morgan fingerprint density at radius 3 is 2.89 bits per heavy atom. The maximum Gasteiger partial charge on any atom is 0.244 e. The molecule has 1 aliphatic heterocycles. The molecule has 28 heavy (non-hydrogen) atoms. The summed E-state index contributed by atoms with van der Waals surface area (Å²) in [7, 11) is 1.60. The summed E-state index contributed by atoms with van der Waals surface area (Å²) >= 11 is 1.56. The Bertz CT molecular complexity index is 1080. The van der Waals surface area contributed by atoms with Gasteiger partial charge in [-0.25, -0.2) is 0 Å². The Morgan fingerprint density at radius 1 is 1.36 bits per heavy atom. The highest BCUT2D eigenvalue weighted by Crippen LogP contribution is 2.46. The van der Waals surface area contributed by atoms with E-state index in [2.05, 4.69) is 16.3 Å². The molecule has 0 unspecified atom stereocenters. The third-order valence-electron chi connectivity index (χ3n) is 4.57. The summed E-state index contributed by atoms with van der Waals surface area (Å²) in [6.45, 7) is 2.46. The van der Waals surface area contributed by atoms with Crippen LogP contribution in [0.2, 0.25) is 0 Å². The Hall–Kier alpha value is -3.44. The topological polar surface area (TPSA) is 106 Å². The van der Waals surface area contributed by atoms with E-state index in [9.17, 15) is 5.26 Å². The van der Waals surface area contributed by atoms with Gasteiger partial charge in [-0.15, -0.1) is 5.10 Å². The second kappa shape index (κ2) is 7.29. The summed E-state index contributed by atoms with van der Waals surface area (Å²) < 4.78 is 16.7. The third-order valence-corrected chi connectivity index (χ3v) is 5.27. The van der Waals surface area contributed by atoms with Gasteiger partial charge in [-0.3, -0.25) is 5.10 Å². The predicted octanol–water partition coefficient (Wildman–Crippen LogP) is 3.76. The first kappa shape index (κ1) is 17.9. The zero-order valence-electron chi connectivity index (χ0n) is 15.4. The van der Waals surface area contributed by atoms with Crippen LogP contribution in [0.15, 0.2) is 46.5 Å². The van der Waals surface area contributed by atoms with Crippen LogP contribution in [0.25, 0.3) is 11.3 Å². The first-order valence-electron chi connectivity index (χ1n) is 8.67. The Labute approximate surface area is 166 Å². The van der Waals surface area contributed by atoms with Crippen molar-refractivity contribution in [2.75, 3.05) is 13.7 Å². The number of nitrogens with one attached hydrogen (secondary N) is 1. The fourth-order valence-corrected chi connectivity index (χ4v) is 4.02. The molecule has 142 valence electrons. The number of benzene rings is 1. The average molecular weight is 394 g/mol. The molecule has 8 heteroatoms. The minimum Gasteiger partial charge on any atom is -0.493 e. The maximum atomic E-state index is 9.70. The Morgan fingerprint density at radius 2 is 2.21 bits per heavy atom. The zero-order valence-corrected chi connectivity index (χ0v) is 16.2. The molecule has 0 bridgehead atoms. The van der Waals surface area contributed by atoms with Crippen molar-refractivity contribution in [1.82, 2.24) is 10.2 Å². The molecule has 3 aromatic rings. The van der Waals surface area contributed by atoms with Gasteiger partial charge in [0.25, 0.3) is 0 Å². The average Bonchev–Trinajstić information content (AvgIpc) is 3.37. The van der Waals surface area contributed by atoms with E-state index in [0.717, 1.165) is 22.4 Å². The molecule has 0 aliphatic carbocycles. The van der Waals surface area contributed by atoms with Crippen molar-refractivity contribution in [2.24, 2.45) is 5.73 Å². The van der Waals surface area contributed by atoms with E-state index in [1.807, 2.05) is 41.9 Å². The fraction of sp³-hybridized carbons (Fsp3) is 0.200. The monoisotopic (exact) mass is 394 g/mol. The normalized spacial score (nSPS) is 15.5. The molecule has 1 aromatic carbocycles. The minimum absolute atomic E-state index is 0.0773. The van der Waals surface area contributed by atoms with Crippen LogP contribution in [-0.4, -0.2) is 23.9 Å². The number of thiophene rings is 1. The molecule has 0 saturated heterocycles. The first-order valence-corrected chi connectivity index (χ1v) is 9.61. The number of nitriles is 1. The van der Waals surface area contributed by atoms with E-state index in [4.69, 9.17) is 19.9 Å². The van der Waals surface area contributed by atoms with Gasteiger partial charge in [-0.1, -0.05) is 0 Å². The molecule has 3 N–H and O–H groups in total. The van der Waals surface area contributed by atoms with Crippen molar-refractivity contribution >= 4 is 11.3 Å². The van der Waals surface area contributed by atoms with Crippen molar-refractivity contribution in [3.63, 3.8) is 0 Å². The number of nitrogens with two attached hydrogens (primary N) is 1. The number of rotatable bonds is 5. The lowest BCUT2D eigenvalue weighted by Crippen LogP contribution is -2.20. The molecule has 1 atom stereocenters. The van der Waals surface area contributed by atoms with Crippen LogP contribution in [0.3, 0.4) is 0 Å². The number of methoxy groups -OCH3 is 1. The van der Waals surface area contributed by atoms with Gasteiger partial charge in [0.05, 0.1) is 30.9 Å². The minimum atomic E-state index is -0.355. The largest absolute Gasteiger partial charge is 0.493 e. The molecular formula is C20H18N4O3S. The number of nitrogens with zero attached hydrogens (tertiary/aromatic N) is 2. The molecule has 2 aromatic heterocycles. The third kappa shape index (κ3) is 2.86. The van der Waals surface area contributed by atoms with Crippen LogP contribution in [0.1, 0.15) is 24.0 Å². The van der Waals surface area contributed by atoms with E-state index in [-0.39, 0.29) is 11.8 Å². The van der Waals surface area contributed by atoms with Gasteiger partial charge in [0, 0.05) is 5.56 Å². The van der Waals surface area contributed by atoms with Gasteiger partial charge in [-0.2, -0.15) is 16.6 Å². The van der Waals surface area contributed by atoms with Crippen LogP contribution >= 0.6 is 11.3 Å². The predicted molar refractivity (Wildman–Crippen MR) is 105 cm³/mol. The van der Waals surface area contributed by atoms with Gasteiger partial charge in [-0.05, 0) is 47.5 Å². The van der Waals surface area contributed by atoms with Gasteiger partial charge in [0.15, 0.2) is 11.5 Å². The van der Waals surface area contributed by atoms with E-state index >= 15 is 0 Å². The molecule has 0 radical (unpaired) electrons. The van der Waals surface area contributed by atoms with Crippen molar-refractivity contribution < 1.29 is 14.2 Å². The fourth-order valence-electron chi connectivity index (χ4n) is 3.34. The van der Waals surface area contributed by atoms with Gasteiger partial charge in [0.1, 0.15) is 11.6 Å². The van der Waals surface area contributed by atoms with Crippen LogP contribution < -0.4 is 19.9 Å². The molecule has 0 spiro atoms. The number of fused-ring (bicyclic) bond motifs is 1. The second-order valence-electron chi connectivity index (χ2n) is 6.10. The van der Waals surface area contributed by atoms with E-state index < -0.39 is 0 Å². The van der Waals surface area contributed by atoms with E-state index in [0.29, 0.717) is 29.6 Å². The van der Waals surface area contributed by atoms with Crippen LogP contribution in [0.4, 0.5) is 0 Å². The lowest BCUT2D eigenvalue weighted by Gasteiger charge is -2.23. The summed E-state index contributed by atoms with van der Waals surface area (Å²) in [5.41, 5.74) is 9.69. The standard InChI is InChI=1S/C20H18N4O3S/c1-3-26-14-5-4-11(8-15(14)25-2)18-17-16(12-6-7-28-10-12)13(9-21)19(22)27-20(17)24-23-18/h4-8,10,16H,3,22H2,1-2H3,(H,23,24)/t16-/m0/s1. The second-order valence-corrected chi connectivity index (χ2v) is 6.88. The highest BCUT2D eigenvalue weighted by Gasteiger charge is 2.35. The summed E-state index contributed by atoms with van der Waals surface area (Å²) in [5, 5.41) is 21.0. The maximum absolute atomic E-state index is 9.70. The number of H-pyrrole nitrogens is 1. The smallest absolute Gasteiger partial charge is 0.244 e. The van der Waals surface area contributed by atoms with Gasteiger partial charge < -0.3 is 19.9 Å². The molecule has 1 aliphatic rings. The SMILES string of the molecule is CCOc1ccc(-c2[nH]nc3c2[C@@H](c2ccsc2)C(C#N)=C(N)O3)cc1OC. The summed E-state index contributed by atoms with van der Waals surface area (Å²) in [5.74, 6) is 1.37. The van der Waals surface area contributed by atoms with Crippen LogP contribution in [0.5, 0.6) is 17.4 Å². The summed E-state index contributed by atoms with van der Waals surface area (Å²) in [6.07, 6.45) is 0. The number of ether oxygens (including phenoxy) is 3. The number of allylic oxidation sites excluding steroid dienone is 1. The highest BCUT2D eigenvalue weighted by atomic mass is 32.1. The quantitative estimate of drug-likeness (QED) is 0.682. The zero-order chi connectivity index (χ0) is 19.7. The van der Waals surface area contributed by atoms with Crippen LogP contribution in [0, 0.1) is 11.3 Å². The van der Waals surface area contributed by atoms with E-state index in [1.165, 1.54) is 0 Å². The molecule has 0 saturated carbocycles. The molecule has 0 fully saturated rings. The highest BCUT2D eigenvalue weighted by molar-refractivity contribution is 7.08. The van der Waals surface area contributed by atoms with Gasteiger partial charge in [0.2, 0.25) is 11.8 Å². The lowest BCUT2D eigenvalue weighted by atomic mass is 9.84. The number of aromatic nitrogens is 2. The molecule has 7 nitrogen and oxygen atoms in total. The van der Waals surface area contributed by atoms with Crippen molar-refractivity contribution in [2.45, 2.75) is 12.8 Å².